The lowest BCUT2D eigenvalue weighted by Crippen LogP contribution is -2.32. The Balaban J connectivity index is 1.41. The summed E-state index contributed by atoms with van der Waals surface area (Å²) in [5.41, 5.74) is 8.44. The van der Waals surface area contributed by atoms with E-state index in [2.05, 4.69) is 20.6 Å². The van der Waals surface area contributed by atoms with Crippen LogP contribution >= 0.6 is 11.3 Å². The highest BCUT2D eigenvalue weighted by Crippen LogP contribution is 2.24. The van der Waals surface area contributed by atoms with Gasteiger partial charge in [0.1, 0.15) is 11.4 Å². The third-order valence-corrected chi connectivity index (χ3v) is 5.67. The molecule has 5 N–H and O–H groups in total. The average molecular weight is 448 g/mol. The van der Waals surface area contributed by atoms with Gasteiger partial charge in [-0.05, 0) is 35.4 Å². The molecule has 0 aliphatic carbocycles. The number of aromatic nitrogens is 2. The largest absolute Gasteiger partial charge is 0.394 e. The van der Waals surface area contributed by atoms with Gasteiger partial charge < -0.3 is 21.5 Å². The van der Waals surface area contributed by atoms with Gasteiger partial charge in [-0.3, -0.25) is 9.59 Å². The molecule has 162 valence electrons. The number of aliphatic hydroxyl groups excluding tert-OH is 1. The fourth-order valence-electron chi connectivity index (χ4n) is 3.21. The lowest BCUT2D eigenvalue weighted by molar-refractivity contribution is 0.0910. The molecular formula is C23H21N5O3S. The number of pyridine rings is 1. The number of nitrogens with one attached hydrogen (secondary N) is 2. The number of nitrogen functional groups attached to an aromatic ring is 1. The Labute approximate surface area is 188 Å². The molecule has 4 aromatic rings. The zero-order chi connectivity index (χ0) is 22.5. The van der Waals surface area contributed by atoms with Crippen LogP contribution in [0.5, 0.6) is 0 Å². The summed E-state index contributed by atoms with van der Waals surface area (Å²) in [6.07, 6.45) is 0. The Morgan fingerprint density at radius 1 is 0.969 bits per heavy atom. The second-order valence-electron chi connectivity index (χ2n) is 7.06. The number of nitrogens with zero attached hydrogens (tertiary/aromatic N) is 2. The first-order valence-corrected chi connectivity index (χ1v) is 10.7. The molecule has 2 aromatic carbocycles. The van der Waals surface area contributed by atoms with Gasteiger partial charge in [0.05, 0.1) is 22.9 Å². The summed E-state index contributed by atoms with van der Waals surface area (Å²) in [7, 11) is 0. The zero-order valence-electron chi connectivity index (χ0n) is 17.0. The van der Waals surface area contributed by atoms with E-state index in [1.54, 1.807) is 12.1 Å². The van der Waals surface area contributed by atoms with Crippen molar-refractivity contribution in [2.24, 2.45) is 0 Å². The van der Waals surface area contributed by atoms with Crippen LogP contribution < -0.4 is 16.4 Å². The fourth-order valence-corrected chi connectivity index (χ4v) is 4.01. The van der Waals surface area contributed by atoms with Crippen molar-refractivity contribution in [1.82, 2.24) is 20.6 Å². The summed E-state index contributed by atoms with van der Waals surface area (Å²) in [6, 6.07) is 18.9. The number of amides is 2. The predicted molar refractivity (Wildman–Crippen MR) is 123 cm³/mol. The Hall–Kier alpha value is -3.82. The van der Waals surface area contributed by atoms with Gasteiger partial charge >= 0.3 is 0 Å². The minimum Gasteiger partial charge on any atom is -0.394 e. The number of hydrogen-bond acceptors (Lipinski definition) is 7. The molecule has 8 nitrogen and oxygen atoms in total. The van der Waals surface area contributed by atoms with Crippen molar-refractivity contribution in [3.63, 3.8) is 0 Å². The Morgan fingerprint density at radius 3 is 2.47 bits per heavy atom. The molecule has 32 heavy (non-hydrogen) atoms. The number of nitrogens with two attached hydrogens (primary N) is 1. The first-order valence-electron chi connectivity index (χ1n) is 9.90. The molecule has 0 unspecified atom stereocenters. The van der Waals surface area contributed by atoms with Crippen LogP contribution in [-0.2, 0) is 6.54 Å². The summed E-state index contributed by atoms with van der Waals surface area (Å²) in [5.74, 6) is -0.874. The van der Waals surface area contributed by atoms with Gasteiger partial charge in [0.2, 0.25) is 0 Å². The molecule has 4 rings (SSSR count). The summed E-state index contributed by atoms with van der Waals surface area (Å²) in [5, 5.41) is 15.7. The predicted octanol–water partition coefficient (Wildman–Crippen LogP) is 2.67. The van der Waals surface area contributed by atoms with E-state index in [0.717, 1.165) is 21.3 Å². The van der Waals surface area contributed by atoms with Gasteiger partial charge in [0.15, 0.2) is 5.13 Å². The Kier molecular flexibility index (Phi) is 6.39. The second kappa shape index (κ2) is 9.54. The number of thiazole rings is 1. The van der Waals surface area contributed by atoms with Crippen LogP contribution in [0.3, 0.4) is 0 Å². The van der Waals surface area contributed by atoms with Crippen LogP contribution in [0.4, 0.5) is 5.13 Å². The van der Waals surface area contributed by atoms with Crippen molar-refractivity contribution < 1.29 is 14.7 Å². The van der Waals surface area contributed by atoms with Crippen LogP contribution in [0, 0.1) is 0 Å². The molecule has 0 radical (unpaired) electrons. The quantitative estimate of drug-likeness (QED) is 0.345. The van der Waals surface area contributed by atoms with E-state index in [9.17, 15) is 14.7 Å². The monoisotopic (exact) mass is 447 g/mol. The van der Waals surface area contributed by atoms with Crippen molar-refractivity contribution in [1.29, 1.82) is 0 Å². The summed E-state index contributed by atoms with van der Waals surface area (Å²) < 4.78 is 0.947. The van der Waals surface area contributed by atoms with Crippen molar-refractivity contribution in [2.45, 2.75) is 12.6 Å². The normalized spacial score (nSPS) is 11.8. The average Bonchev–Trinajstić information content (AvgIpc) is 3.20. The first kappa shape index (κ1) is 21.4. The number of aliphatic hydroxyl groups is 1. The second-order valence-corrected chi connectivity index (χ2v) is 8.13. The van der Waals surface area contributed by atoms with Crippen LogP contribution in [0.25, 0.3) is 10.2 Å². The third kappa shape index (κ3) is 4.90. The van der Waals surface area contributed by atoms with E-state index < -0.39 is 17.9 Å². The molecule has 0 spiro atoms. The van der Waals surface area contributed by atoms with Crippen LogP contribution in [0.2, 0.25) is 0 Å². The summed E-state index contributed by atoms with van der Waals surface area (Å²) in [6.45, 7) is 0.0387. The van der Waals surface area contributed by atoms with E-state index in [1.165, 1.54) is 17.4 Å². The number of hydrogen-bond donors (Lipinski definition) is 4. The number of anilines is 1. The molecule has 1 atom stereocenters. The maximum absolute atomic E-state index is 12.6. The summed E-state index contributed by atoms with van der Waals surface area (Å²) >= 11 is 1.39. The Bertz CT molecular complexity index is 1260. The molecule has 0 fully saturated rings. The molecule has 2 amide bonds. The highest BCUT2D eigenvalue weighted by molar-refractivity contribution is 7.22. The van der Waals surface area contributed by atoms with Gasteiger partial charge in [-0.2, -0.15) is 0 Å². The molecule has 2 aromatic heterocycles. The highest BCUT2D eigenvalue weighted by Gasteiger charge is 2.17. The molecule has 0 aliphatic heterocycles. The Morgan fingerprint density at radius 2 is 1.72 bits per heavy atom. The topological polar surface area (TPSA) is 130 Å². The number of carbonyl (C=O) groups excluding carboxylic acids is 2. The standard InChI is InChI=1S/C23H21N5O3S/c24-23-28-16-10-9-14(11-20(16)32-23)12-25-21(30)17-7-4-8-18(26-17)22(31)27-19(13-29)15-5-2-1-3-6-15/h1-11,19,29H,12-13H2,(H2,24,28)(H,25,30)(H,27,31)/t19-/m0/s1. The molecule has 0 saturated heterocycles. The first-order chi connectivity index (χ1) is 15.5. The number of carbonyl (C=O) groups is 2. The van der Waals surface area contributed by atoms with Crippen LogP contribution in [-0.4, -0.2) is 33.5 Å². The van der Waals surface area contributed by atoms with E-state index in [1.807, 2.05) is 48.5 Å². The van der Waals surface area contributed by atoms with Gasteiger partial charge in [0, 0.05) is 6.54 Å². The van der Waals surface area contributed by atoms with Gasteiger partial charge in [-0.15, -0.1) is 0 Å². The van der Waals surface area contributed by atoms with E-state index in [0.29, 0.717) is 11.7 Å². The zero-order valence-corrected chi connectivity index (χ0v) is 17.8. The molecule has 2 heterocycles. The fraction of sp³-hybridized carbons (Fsp3) is 0.130. The molecular weight excluding hydrogens is 426 g/mol. The minimum absolute atomic E-state index is 0.0913. The van der Waals surface area contributed by atoms with E-state index >= 15 is 0 Å². The van der Waals surface area contributed by atoms with Gasteiger partial charge in [-0.25, -0.2) is 9.97 Å². The van der Waals surface area contributed by atoms with Crippen molar-refractivity contribution >= 4 is 38.5 Å². The lowest BCUT2D eigenvalue weighted by atomic mass is 10.1. The number of benzene rings is 2. The maximum atomic E-state index is 12.6. The highest BCUT2D eigenvalue weighted by atomic mass is 32.1. The van der Waals surface area contributed by atoms with Crippen molar-refractivity contribution in [3.05, 3.63) is 89.2 Å². The van der Waals surface area contributed by atoms with Gasteiger partial charge in [-0.1, -0.05) is 53.8 Å². The maximum Gasteiger partial charge on any atom is 0.270 e. The molecule has 9 heteroatoms. The third-order valence-electron chi connectivity index (χ3n) is 4.83. The smallest absolute Gasteiger partial charge is 0.270 e. The number of rotatable bonds is 7. The van der Waals surface area contributed by atoms with Crippen molar-refractivity contribution in [2.75, 3.05) is 12.3 Å². The molecule has 0 saturated carbocycles. The van der Waals surface area contributed by atoms with Crippen LogP contribution in [0.1, 0.15) is 38.1 Å². The number of fused-ring (bicyclic) bond motifs is 1. The van der Waals surface area contributed by atoms with E-state index in [4.69, 9.17) is 5.73 Å². The van der Waals surface area contributed by atoms with E-state index in [-0.39, 0.29) is 18.0 Å². The van der Waals surface area contributed by atoms with Gasteiger partial charge in [0.25, 0.3) is 11.8 Å². The SMILES string of the molecule is Nc1nc2ccc(CNC(=O)c3cccc(C(=O)N[C@@H](CO)c4ccccc4)n3)cc2s1. The lowest BCUT2D eigenvalue weighted by Gasteiger charge is -2.16. The summed E-state index contributed by atoms with van der Waals surface area (Å²) in [4.78, 5) is 33.6. The van der Waals surface area contributed by atoms with Crippen LogP contribution in [0.15, 0.2) is 66.7 Å². The molecule has 0 aliphatic rings. The van der Waals surface area contributed by atoms with Crippen molar-refractivity contribution in [3.8, 4) is 0 Å². The minimum atomic E-state index is -0.571. The molecule has 0 bridgehead atoms.